The van der Waals surface area contributed by atoms with Crippen LogP contribution in [0.4, 0.5) is 8.78 Å². The molecule has 0 saturated carbocycles. The maximum atomic E-state index is 15.3. The molecule has 0 unspecified atom stereocenters. The third-order valence-electron chi connectivity index (χ3n) is 6.88. The van der Waals surface area contributed by atoms with Gasteiger partial charge in [0.05, 0.1) is 13.2 Å². The Balaban J connectivity index is 1.49. The normalized spacial score (nSPS) is 13.7. The lowest BCUT2D eigenvalue weighted by molar-refractivity contribution is -0.0433. The Labute approximate surface area is 233 Å². The van der Waals surface area contributed by atoms with Crippen LogP contribution < -0.4 is 15.7 Å². The SMILES string of the molecule is C[C@H](Cc1c[nH]c2ccc(I)cc12)NCC(F)(F)CO[Si](c1ccccc1)(c1ccccc1)C(C)(C)C. The maximum Gasteiger partial charge on any atom is 0.281 e. The standard InChI is InChI=1S/C30H35F2IN2OSi/c1-22(17-23-19-34-28-16-15-24(33)18-27(23)28)35-20-30(31,32)21-36-37(29(2,3)4,25-11-7-5-8-12-25)26-13-9-6-10-14-26/h5-16,18-19,22,34-35H,17,20-21H2,1-4H3/t22-/m1/s1. The summed E-state index contributed by atoms with van der Waals surface area (Å²) in [5, 5.41) is 5.86. The predicted octanol–water partition coefficient (Wildman–Crippen LogP) is 6.51. The summed E-state index contributed by atoms with van der Waals surface area (Å²) in [5.41, 5.74) is 2.19. The fraction of sp³-hybridized carbons (Fsp3) is 0.333. The first-order valence-electron chi connectivity index (χ1n) is 12.6. The quantitative estimate of drug-likeness (QED) is 0.155. The minimum absolute atomic E-state index is 0.115. The van der Waals surface area contributed by atoms with Gasteiger partial charge in [-0.05, 0) is 75.1 Å². The number of halogens is 3. The van der Waals surface area contributed by atoms with Gasteiger partial charge in [0.2, 0.25) is 0 Å². The van der Waals surface area contributed by atoms with Crippen molar-refractivity contribution in [2.75, 3.05) is 13.2 Å². The van der Waals surface area contributed by atoms with Crippen molar-refractivity contribution in [2.24, 2.45) is 0 Å². The van der Waals surface area contributed by atoms with Crippen LogP contribution in [0.1, 0.15) is 33.3 Å². The molecule has 1 atom stereocenters. The summed E-state index contributed by atoms with van der Waals surface area (Å²) in [6.07, 6.45) is 2.63. The smallest absolute Gasteiger partial charge is 0.281 e. The minimum Gasteiger partial charge on any atom is -0.401 e. The molecule has 0 radical (unpaired) electrons. The van der Waals surface area contributed by atoms with Gasteiger partial charge in [-0.15, -0.1) is 0 Å². The second-order valence-corrected chi connectivity index (χ2v) is 16.3. The molecule has 1 aromatic heterocycles. The highest BCUT2D eigenvalue weighted by Gasteiger charge is 2.51. The van der Waals surface area contributed by atoms with E-state index in [0.29, 0.717) is 6.42 Å². The van der Waals surface area contributed by atoms with E-state index in [1.165, 1.54) is 0 Å². The highest BCUT2D eigenvalue weighted by molar-refractivity contribution is 14.1. The highest BCUT2D eigenvalue weighted by atomic mass is 127. The first-order chi connectivity index (χ1) is 17.5. The molecule has 1 heterocycles. The topological polar surface area (TPSA) is 37.0 Å². The number of H-pyrrole nitrogens is 1. The molecular weight excluding hydrogens is 597 g/mol. The van der Waals surface area contributed by atoms with E-state index in [4.69, 9.17) is 4.43 Å². The van der Waals surface area contributed by atoms with Gasteiger partial charge in [-0.25, -0.2) is 8.78 Å². The van der Waals surface area contributed by atoms with E-state index in [-0.39, 0.29) is 11.1 Å². The average Bonchev–Trinajstić information content (AvgIpc) is 3.25. The van der Waals surface area contributed by atoms with Crippen LogP contribution in [0.2, 0.25) is 5.04 Å². The van der Waals surface area contributed by atoms with Gasteiger partial charge in [0, 0.05) is 26.7 Å². The second-order valence-electron chi connectivity index (χ2n) is 10.8. The number of aromatic amines is 1. The van der Waals surface area contributed by atoms with Crippen molar-refractivity contribution in [3.8, 4) is 0 Å². The fourth-order valence-corrected chi connectivity index (χ4v) is 10.1. The van der Waals surface area contributed by atoms with Crippen LogP contribution in [0.15, 0.2) is 85.1 Å². The van der Waals surface area contributed by atoms with Crippen LogP contribution in [-0.2, 0) is 10.8 Å². The Morgan fingerprint density at radius 3 is 2.11 bits per heavy atom. The first kappa shape index (κ1) is 27.9. The fourth-order valence-electron chi connectivity index (χ4n) is 5.07. The van der Waals surface area contributed by atoms with E-state index in [1.54, 1.807) is 0 Å². The molecule has 0 saturated heterocycles. The van der Waals surface area contributed by atoms with Gasteiger partial charge in [-0.2, -0.15) is 0 Å². The maximum absolute atomic E-state index is 15.3. The lowest BCUT2D eigenvalue weighted by atomic mass is 10.1. The Hall–Kier alpha value is -2.07. The lowest BCUT2D eigenvalue weighted by Crippen LogP contribution is -2.67. The Kier molecular flexibility index (Phi) is 8.57. The summed E-state index contributed by atoms with van der Waals surface area (Å²) in [7, 11) is -3.02. The predicted molar refractivity (Wildman–Crippen MR) is 161 cm³/mol. The van der Waals surface area contributed by atoms with Crippen molar-refractivity contribution >= 4 is 52.2 Å². The first-order valence-corrected chi connectivity index (χ1v) is 15.6. The average molecular weight is 633 g/mol. The number of nitrogens with one attached hydrogen (secondary N) is 2. The number of benzene rings is 3. The zero-order valence-electron chi connectivity index (χ0n) is 21.8. The molecule has 0 fully saturated rings. The van der Waals surface area contributed by atoms with Crippen molar-refractivity contribution in [3.05, 3.63) is 94.2 Å². The van der Waals surface area contributed by atoms with Crippen LogP contribution in [-0.4, -0.2) is 38.4 Å². The summed E-state index contributed by atoms with van der Waals surface area (Å²) in [4.78, 5) is 3.28. The Morgan fingerprint density at radius 2 is 1.54 bits per heavy atom. The van der Waals surface area contributed by atoms with Crippen LogP contribution in [0.5, 0.6) is 0 Å². The molecule has 3 aromatic carbocycles. The zero-order chi connectivity index (χ0) is 26.7. The molecule has 37 heavy (non-hydrogen) atoms. The van der Waals surface area contributed by atoms with Crippen molar-refractivity contribution in [1.29, 1.82) is 0 Å². The van der Waals surface area contributed by atoms with Crippen LogP contribution in [0.25, 0.3) is 10.9 Å². The van der Waals surface area contributed by atoms with Crippen LogP contribution >= 0.6 is 22.6 Å². The summed E-state index contributed by atoms with van der Waals surface area (Å²) in [5.74, 6) is -3.02. The second kappa shape index (κ2) is 11.4. The largest absolute Gasteiger partial charge is 0.401 e. The number of fused-ring (bicyclic) bond motifs is 1. The molecule has 4 aromatic rings. The molecule has 3 nitrogen and oxygen atoms in total. The number of rotatable bonds is 10. The van der Waals surface area contributed by atoms with E-state index < -0.39 is 27.4 Å². The highest BCUT2D eigenvalue weighted by Crippen LogP contribution is 2.37. The molecule has 7 heteroatoms. The van der Waals surface area contributed by atoms with Crippen LogP contribution in [0.3, 0.4) is 0 Å². The molecule has 2 N–H and O–H groups in total. The molecule has 0 spiro atoms. The van der Waals surface area contributed by atoms with E-state index in [9.17, 15) is 0 Å². The lowest BCUT2D eigenvalue weighted by Gasteiger charge is -2.43. The van der Waals surface area contributed by atoms with E-state index >= 15 is 8.78 Å². The van der Waals surface area contributed by atoms with Crippen molar-refractivity contribution in [1.82, 2.24) is 10.3 Å². The van der Waals surface area contributed by atoms with Gasteiger partial charge in [-0.1, -0.05) is 81.4 Å². The zero-order valence-corrected chi connectivity index (χ0v) is 25.0. The third-order valence-corrected chi connectivity index (χ3v) is 12.5. The van der Waals surface area contributed by atoms with Gasteiger partial charge < -0.3 is 14.7 Å². The molecule has 0 aliphatic carbocycles. The molecule has 0 aliphatic rings. The van der Waals surface area contributed by atoms with Gasteiger partial charge in [0.1, 0.15) is 0 Å². The van der Waals surface area contributed by atoms with Crippen molar-refractivity contribution in [2.45, 2.75) is 51.1 Å². The minimum atomic E-state index is -3.02. The van der Waals surface area contributed by atoms with E-state index in [0.717, 1.165) is 30.4 Å². The summed E-state index contributed by atoms with van der Waals surface area (Å²) in [6, 6.07) is 25.9. The number of hydrogen-bond donors (Lipinski definition) is 2. The number of alkyl halides is 2. The Bertz CT molecular complexity index is 1270. The molecule has 196 valence electrons. The third kappa shape index (κ3) is 6.33. The number of hydrogen-bond acceptors (Lipinski definition) is 2. The summed E-state index contributed by atoms with van der Waals surface area (Å²) in [6.45, 7) is 7.17. The van der Waals surface area contributed by atoms with Gasteiger partial charge in [0.25, 0.3) is 14.2 Å². The van der Waals surface area contributed by atoms with Crippen LogP contribution in [0, 0.1) is 3.57 Å². The molecule has 0 amide bonds. The molecule has 0 aliphatic heterocycles. The summed E-state index contributed by atoms with van der Waals surface area (Å²) >= 11 is 2.29. The number of aromatic nitrogens is 1. The monoisotopic (exact) mass is 632 g/mol. The summed E-state index contributed by atoms with van der Waals surface area (Å²) < 4.78 is 38.3. The van der Waals surface area contributed by atoms with Crippen molar-refractivity contribution in [3.63, 3.8) is 0 Å². The van der Waals surface area contributed by atoms with Gasteiger partial charge in [-0.3, -0.25) is 0 Å². The van der Waals surface area contributed by atoms with Gasteiger partial charge in [0.15, 0.2) is 0 Å². The molecular formula is C30H35F2IN2OSi. The Morgan fingerprint density at radius 1 is 0.946 bits per heavy atom. The van der Waals surface area contributed by atoms with E-state index in [1.807, 2.05) is 73.8 Å². The molecule has 4 rings (SSSR count). The van der Waals surface area contributed by atoms with Crippen molar-refractivity contribution < 1.29 is 13.2 Å². The van der Waals surface area contributed by atoms with Gasteiger partial charge >= 0.3 is 0 Å². The molecule has 0 bridgehead atoms. The van der Waals surface area contributed by atoms with E-state index in [2.05, 4.69) is 71.9 Å².